The molecule has 0 aliphatic rings. The highest BCUT2D eigenvalue weighted by Gasteiger charge is 2.34. The molecular formula is C21H26O3. The minimum absolute atomic E-state index is 0.147. The van der Waals surface area contributed by atoms with Crippen molar-refractivity contribution in [2.24, 2.45) is 5.41 Å². The van der Waals surface area contributed by atoms with Crippen molar-refractivity contribution in [3.8, 4) is 5.75 Å². The number of hydrogen-bond acceptors (Lipinski definition) is 3. The third-order valence-corrected chi connectivity index (χ3v) is 4.34. The molecule has 0 bridgehead atoms. The van der Waals surface area contributed by atoms with Gasteiger partial charge in [-0.15, -0.1) is 0 Å². The van der Waals surface area contributed by atoms with Crippen LogP contribution in [0.4, 0.5) is 0 Å². The standard InChI is InChI=1S/C21H26O3/c1-3-24-20(23)21(2,16-18-11-13-19(22)14-12-18)15-7-10-17-8-5-4-6-9-17/h4-6,8-9,11-14,22H,3,7,10,15-16H2,1-2H3. The maximum Gasteiger partial charge on any atom is 0.312 e. The highest BCUT2D eigenvalue weighted by Crippen LogP contribution is 2.31. The largest absolute Gasteiger partial charge is 0.508 e. The Morgan fingerprint density at radius 1 is 1.04 bits per heavy atom. The van der Waals surface area contributed by atoms with Crippen molar-refractivity contribution in [2.75, 3.05) is 6.61 Å². The predicted octanol–water partition coefficient (Wildman–Crippen LogP) is 4.53. The molecule has 0 aliphatic heterocycles. The lowest BCUT2D eigenvalue weighted by Crippen LogP contribution is -2.32. The fourth-order valence-corrected chi connectivity index (χ4v) is 2.96. The molecule has 3 nitrogen and oxygen atoms in total. The summed E-state index contributed by atoms with van der Waals surface area (Å²) in [6, 6.07) is 17.4. The fourth-order valence-electron chi connectivity index (χ4n) is 2.96. The number of ether oxygens (including phenoxy) is 1. The van der Waals surface area contributed by atoms with Gasteiger partial charge in [-0.3, -0.25) is 4.79 Å². The highest BCUT2D eigenvalue weighted by atomic mass is 16.5. The van der Waals surface area contributed by atoms with E-state index in [1.807, 2.05) is 44.2 Å². The van der Waals surface area contributed by atoms with Crippen LogP contribution in [-0.4, -0.2) is 17.7 Å². The van der Waals surface area contributed by atoms with Crippen molar-refractivity contribution in [3.63, 3.8) is 0 Å². The highest BCUT2D eigenvalue weighted by molar-refractivity contribution is 5.76. The molecule has 0 aromatic heterocycles. The van der Waals surface area contributed by atoms with Crippen molar-refractivity contribution < 1.29 is 14.6 Å². The van der Waals surface area contributed by atoms with E-state index in [1.165, 1.54) is 5.56 Å². The van der Waals surface area contributed by atoms with Gasteiger partial charge < -0.3 is 9.84 Å². The van der Waals surface area contributed by atoms with E-state index in [0.29, 0.717) is 13.0 Å². The summed E-state index contributed by atoms with van der Waals surface area (Å²) in [5, 5.41) is 9.42. The average molecular weight is 326 g/mol. The Bertz CT molecular complexity index is 634. The molecule has 2 aromatic carbocycles. The van der Waals surface area contributed by atoms with Crippen molar-refractivity contribution >= 4 is 5.97 Å². The quantitative estimate of drug-likeness (QED) is 0.725. The number of esters is 1. The van der Waals surface area contributed by atoms with E-state index in [9.17, 15) is 9.90 Å². The van der Waals surface area contributed by atoms with Crippen LogP contribution in [-0.2, 0) is 22.4 Å². The first-order valence-electron chi connectivity index (χ1n) is 8.52. The number of carbonyl (C=O) groups excluding carboxylic acids is 1. The van der Waals surface area contributed by atoms with Gasteiger partial charge >= 0.3 is 5.97 Å². The van der Waals surface area contributed by atoms with Crippen LogP contribution >= 0.6 is 0 Å². The molecule has 1 atom stereocenters. The molecule has 2 rings (SSSR count). The Balaban J connectivity index is 2.04. The van der Waals surface area contributed by atoms with Gasteiger partial charge in [0, 0.05) is 0 Å². The maximum absolute atomic E-state index is 12.5. The molecule has 2 aromatic rings. The number of hydrogen-bond donors (Lipinski definition) is 1. The van der Waals surface area contributed by atoms with Crippen LogP contribution in [0.25, 0.3) is 0 Å². The minimum Gasteiger partial charge on any atom is -0.508 e. The third-order valence-electron chi connectivity index (χ3n) is 4.34. The summed E-state index contributed by atoms with van der Waals surface area (Å²) in [5.41, 5.74) is 1.76. The molecule has 1 unspecified atom stereocenters. The Morgan fingerprint density at radius 3 is 2.33 bits per heavy atom. The van der Waals surface area contributed by atoms with Crippen LogP contribution in [0.1, 0.15) is 37.8 Å². The van der Waals surface area contributed by atoms with Gasteiger partial charge in [0.1, 0.15) is 5.75 Å². The van der Waals surface area contributed by atoms with E-state index < -0.39 is 5.41 Å². The first-order valence-corrected chi connectivity index (χ1v) is 8.52. The Hall–Kier alpha value is -2.29. The van der Waals surface area contributed by atoms with Gasteiger partial charge in [0.05, 0.1) is 12.0 Å². The summed E-state index contributed by atoms with van der Waals surface area (Å²) < 4.78 is 5.32. The molecule has 0 spiro atoms. The molecule has 1 N–H and O–H groups in total. The van der Waals surface area contributed by atoms with E-state index in [0.717, 1.165) is 24.8 Å². The Labute approximate surface area is 144 Å². The lowest BCUT2D eigenvalue weighted by molar-refractivity contribution is -0.154. The third kappa shape index (κ3) is 5.12. The zero-order valence-electron chi connectivity index (χ0n) is 14.5. The Morgan fingerprint density at radius 2 is 1.71 bits per heavy atom. The fraction of sp³-hybridized carbons (Fsp3) is 0.381. The van der Waals surface area contributed by atoms with Crippen LogP contribution in [0.2, 0.25) is 0 Å². The van der Waals surface area contributed by atoms with E-state index in [-0.39, 0.29) is 11.7 Å². The van der Waals surface area contributed by atoms with Crippen LogP contribution in [0.5, 0.6) is 5.75 Å². The summed E-state index contributed by atoms with van der Waals surface area (Å²) in [6.07, 6.45) is 3.26. The second kappa shape index (κ2) is 8.53. The number of aromatic hydroxyl groups is 1. The van der Waals surface area contributed by atoms with Crippen LogP contribution < -0.4 is 0 Å². The van der Waals surface area contributed by atoms with Gasteiger partial charge in [-0.05, 0) is 62.8 Å². The number of aryl methyl sites for hydroxylation is 1. The molecule has 24 heavy (non-hydrogen) atoms. The van der Waals surface area contributed by atoms with Crippen LogP contribution in [0.3, 0.4) is 0 Å². The number of benzene rings is 2. The zero-order chi connectivity index (χ0) is 17.4. The summed E-state index contributed by atoms with van der Waals surface area (Å²) in [6.45, 7) is 4.20. The Kier molecular flexibility index (Phi) is 6.42. The smallest absolute Gasteiger partial charge is 0.312 e. The van der Waals surface area contributed by atoms with Gasteiger partial charge in [-0.2, -0.15) is 0 Å². The van der Waals surface area contributed by atoms with Crippen molar-refractivity contribution in [1.82, 2.24) is 0 Å². The van der Waals surface area contributed by atoms with E-state index in [2.05, 4.69) is 12.1 Å². The van der Waals surface area contributed by atoms with E-state index >= 15 is 0 Å². The topological polar surface area (TPSA) is 46.5 Å². The first-order chi connectivity index (χ1) is 11.5. The van der Waals surface area contributed by atoms with Crippen LogP contribution in [0, 0.1) is 5.41 Å². The maximum atomic E-state index is 12.5. The normalized spacial score (nSPS) is 13.2. The minimum atomic E-state index is -0.554. The summed E-state index contributed by atoms with van der Waals surface area (Å²) in [5.74, 6) is 0.0896. The monoisotopic (exact) mass is 326 g/mol. The molecule has 0 saturated heterocycles. The molecule has 0 amide bonds. The van der Waals surface area contributed by atoms with Gasteiger partial charge in [0.15, 0.2) is 0 Å². The molecule has 3 heteroatoms. The van der Waals surface area contributed by atoms with Crippen LogP contribution in [0.15, 0.2) is 54.6 Å². The van der Waals surface area contributed by atoms with E-state index in [4.69, 9.17) is 4.74 Å². The summed E-state index contributed by atoms with van der Waals surface area (Å²) in [4.78, 5) is 12.5. The lowest BCUT2D eigenvalue weighted by Gasteiger charge is -2.27. The zero-order valence-corrected chi connectivity index (χ0v) is 14.5. The number of phenols is 1. The molecule has 0 heterocycles. The van der Waals surface area contributed by atoms with Gasteiger partial charge in [0.2, 0.25) is 0 Å². The lowest BCUT2D eigenvalue weighted by atomic mass is 9.79. The number of phenolic OH excluding ortho intramolecular Hbond substituents is 1. The van der Waals surface area contributed by atoms with Crippen molar-refractivity contribution in [2.45, 2.75) is 39.5 Å². The van der Waals surface area contributed by atoms with E-state index in [1.54, 1.807) is 12.1 Å². The first kappa shape index (κ1) is 18.1. The van der Waals surface area contributed by atoms with Gasteiger partial charge in [-0.25, -0.2) is 0 Å². The molecule has 0 aliphatic carbocycles. The number of carbonyl (C=O) groups is 1. The van der Waals surface area contributed by atoms with Crippen molar-refractivity contribution in [1.29, 1.82) is 0 Å². The molecular weight excluding hydrogens is 300 g/mol. The predicted molar refractivity (Wildman–Crippen MR) is 95.9 cm³/mol. The molecule has 0 saturated carbocycles. The second-order valence-electron chi connectivity index (χ2n) is 6.46. The summed E-state index contributed by atoms with van der Waals surface area (Å²) in [7, 11) is 0. The van der Waals surface area contributed by atoms with Gasteiger partial charge in [-0.1, -0.05) is 42.5 Å². The molecule has 128 valence electrons. The van der Waals surface area contributed by atoms with Gasteiger partial charge in [0.25, 0.3) is 0 Å². The second-order valence-corrected chi connectivity index (χ2v) is 6.46. The number of rotatable bonds is 8. The summed E-state index contributed by atoms with van der Waals surface area (Å²) >= 11 is 0. The molecule has 0 radical (unpaired) electrons. The van der Waals surface area contributed by atoms with Crippen molar-refractivity contribution in [3.05, 3.63) is 65.7 Å². The molecule has 0 fully saturated rings. The SMILES string of the molecule is CCOC(=O)C(C)(CCCc1ccccc1)Cc1ccc(O)cc1. The average Bonchev–Trinajstić information content (AvgIpc) is 2.58.